The lowest BCUT2D eigenvalue weighted by atomic mass is 9.87. The highest BCUT2D eigenvalue weighted by Crippen LogP contribution is 2.25. The van der Waals surface area contributed by atoms with Gasteiger partial charge in [-0.1, -0.05) is 84.4 Å². The van der Waals surface area contributed by atoms with Gasteiger partial charge in [0.25, 0.3) is 0 Å². The van der Waals surface area contributed by atoms with Crippen LogP contribution in [0.4, 0.5) is 0 Å². The molecule has 0 fully saturated rings. The Morgan fingerprint density at radius 3 is 1.90 bits per heavy atom. The van der Waals surface area contributed by atoms with Gasteiger partial charge < -0.3 is 0 Å². The van der Waals surface area contributed by atoms with Gasteiger partial charge in [0.1, 0.15) is 0 Å². The Balaban J connectivity index is 4.49. The van der Waals surface area contributed by atoms with Crippen LogP contribution in [0.25, 0.3) is 0 Å². The van der Waals surface area contributed by atoms with E-state index in [1.165, 1.54) is 69.8 Å². The first-order chi connectivity index (χ1) is 10.3. The van der Waals surface area contributed by atoms with E-state index in [-0.39, 0.29) is 0 Å². The normalized spacial score (nSPS) is 12.2. The molecule has 0 rings (SSSR count). The van der Waals surface area contributed by atoms with E-state index in [1.807, 2.05) is 12.3 Å². The van der Waals surface area contributed by atoms with E-state index in [9.17, 15) is 0 Å². The number of aliphatic imine (C=N–C) groups is 1. The first-order valence-electron chi connectivity index (χ1n) is 8.76. The van der Waals surface area contributed by atoms with Crippen molar-refractivity contribution >= 4 is 6.21 Å². The summed E-state index contributed by atoms with van der Waals surface area (Å²) in [7, 11) is 0. The highest BCUT2D eigenvalue weighted by molar-refractivity contribution is 5.73. The third-order valence-corrected chi connectivity index (χ3v) is 3.98. The number of unbranched alkanes of at least 4 members (excludes halogenated alkanes) is 6. The molecule has 0 radical (unpaired) electrons. The second kappa shape index (κ2) is 15.3. The Kier molecular flexibility index (Phi) is 14.5. The van der Waals surface area contributed by atoms with E-state index in [2.05, 4.69) is 38.1 Å². The average Bonchev–Trinajstić information content (AvgIpc) is 2.50. The summed E-state index contributed by atoms with van der Waals surface area (Å²) in [6.07, 6.45) is 20.8. The molecule has 120 valence electrons. The molecule has 0 unspecified atom stereocenters. The molecule has 0 saturated heterocycles. The topological polar surface area (TPSA) is 12.4 Å². The Hall–Kier alpha value is -1.11. The van der Waals surface area contributed by atoms with Crippen LogP contribution in [0.15, 0.2) is 42.1 Å². The van der Waals surface area contributed by atoms with Crippen molar-refractivity contribution in [3.05, 3.63) is 37.1 Å². The van der Waals surface area contributed by atoms with Crippen LogP contribution in [0.1, 0.15) is 78.1 Å². The molecular weight excluding hydrogens is 254 g/mol. The molecule has 0 spiro atoms. The van der Waals surface area contributed by atoms with Crippen molar-refractivity contribution in [2.24, 2.45) is 10.9 Å². The van der Waals surface area contributed by atoms with Crippen molar-refractivity contribution in [3.8, 4) is 0 Å². The number of allylic oxidation sites excluding steroid dienone is 3. The van der Waals surface area contributed by atoms with Gasteiger partial charge >= 0.3 is 0 Å². The fourth-order valence-electron chi connectivity index (χ4n) is 2.67. The molecule has 0 aliphatic rings. The SMILES string of the molecule is C=C/N=C\C=C(/C=C)C(CCCCCC)CCCCCC. The zero-order chi connectivity index (χ0) is 15.8. The highest BCUT2D eigenvalue weighted by Gasteiger charge is 2.11. The van der Waals surface area contributed by atoms with Crippen LogP contribution >= 0.6 is 0 Å². The van der Waals surface area contributed by atoms with E-state index in [0.29, 0.717) is 5.92 Å². The van der Waals surface area contributed by atoms with Crippen LogP contribution in [0, 0.1) is 5.92 Å². The molecule has 0 amide bonds. The molecule has 0 aromatic heterocycles. The maximum atomic E-state index is 4.08. The zero-order valence-electron chi connectivity index (χ0n) is 14.3. The number of nitrogens with zero attached hydrogens (tertiary/aromatic N) is 1. The minimum absolute atomic E-state index is 0.646. The monoisotopic (exact) mass is 289 g/mol. The molecule has 0 N–H and O–H groups in total. The zero-order valence-corrected chi connectivity index (χ0v) is 14.3. The molecule has 0 atom stereocenters. The molecular formula is C20H35N. The number of rotatable bonds is 14. The lowest BCUT2D eigenvalue weighted by Gasteiger charge is -2.18. The molecule has 1 heteroatoms. The molecule has 0 saturated carbocycles. The van der Waals surface area contributed by atoms with E-state index in [0.717, 1.165) is 0 Å². The van der Waals surface area contributed by atoms with Crippen LogP contribution in [-0.4, -0.2) is 6.21 Å². The maximum Gasteiger partial charge on any atom is 0.0270 e. The summed E-state index contributed by atoms with van der Waals surface area (Å²) in [6, 6.07) is 0. The van der Waals surface area contributed by atoms with Crippen LogP contribution in [-0.2, 0) is 0 Å². The van der Waals surface area contributed by atoms with E-state index in [4.69, 9.17) is 0 Å². The summed E-state index contributed by atoms with van der Waals surface area (Å²) in [5.41, 5.74) is 1.34. The molecule has 1 nitrogen and oxygen atoms in total. The van der Waals surface area contributed by atoms with Crippen LogP contribution in [0.3, 0.4) is 0 Å². The van der Waals surface area contributed by atoms with Gasteiger partial charge in [0.15, 0.2) is 0 Å². The maximum absolute atomic E-state index is 4.08. The van der Waals surface area contributed by atoms with Gasteiger partial charge in [-0.05, 0) is 30.4 Å². The fourth-order valence-corrected chi connectivity index (χ4v) is 2.67. The molecule has 0 aliphatic carbocycles. The fraction of sp³-hybridized carbons (Fsp3) is 0.650. The van der Waals surface area contributed by atoms with Crippen LogP contribution in [0.5, 0.6) is 0 Å². The predicted molar refractivity (Wildman–Crippen MR) is 98.0 cm³/mol. The molecule has 0 heterocycles. The van der Waals surface area contributed by atoms with Crippen molar-refractivity contribution < 1.29 is 0 Å². The molecule has 0 aromatic carbocycles. The lowest BCUT2D eigenvalue weighted by molar-refractivity contribution is 0.461. The van der Waals surface area contributed by atoms with E-state index < -0.39 is 0 Å². The molecule has 21 heavy (non-hydrogen) atoms. The minimum Gasteiger partial charge on any atom is -0.265 e. The number of hydrogen-bond acceptors (Lipinski definition) is 1. The van der Waals surface area contributed by atoms with E-state index in [1.54, 1.807) is 6.20 Å². The quantitative estimate of drug-likeness (QED) is 0.188. The standard InChI is InChI=1S/C20H35N/c1-5-9-11-13-15-20(16-14-12-10-6-2)19(7-3)17-18-21-8-4/h7-8,17-18,20H,3-6,9-16H2,1-2H3/b19-17+,21-18-. The van der Waals surface area contributed by atoms with Crippen molar-refractivity contribution in [2.45, 2.75) is 78.1 Å². The van der Waals surface area contributed by atoms with Crippen molar-refractivity contribution in [2.75, 3.05) is 0 Å². The highest BCUT2D eigenvalue weighted by atomic mass is 14.6. The smallest absolute Gasteiger partial charge is 0.0270 e. The second-order valence-corrected chi connectivity index (χ2v) is 5.75. The van der Waals surface area contributed by atoms with Crippen LogP contribution < -0.4 is 0 Å². The third-order valence-electron chi connectivity index (χ3n) is 3.98. The average molecular weight is 290 g/mol. The molecule has 0 aromatic rings. The van der Waals surface area contributed by atoms with Gasteiger partial charge in [-0.3, -0.25) is 4.99 Å². The second-order valence-electron chi connectivity index (χ2n) is 5.75. The Labute approximate surface area is 132 Å². The van der Waals surface area contributed by atoms with Gasteiger partial charge in [0.2, 0.25) is 0 Å². The van der Waals surface area contributed by atoms with Gasteiger partial charge in [0, 0.05) is 12.4 Å². The van der Waals surface area contributed by atoms with Crippen LogP contribution in [0.2, 0.25) is 0 Å². The third kappa shape index (κ3) is 11.2. The summed E-state index contributed by atoms with van der Waals surface area (Å²) in [4.78, 5) is 4.08. The van der Waals surface area contributed by atoms with Crippen molar-refractivity contribution in [1.82, 2.24) is 0 Å². The summed E-state index contributed by atoms with van der Waals surface area (Å²) in [5, 5.41) is 0. The van der Waals surface area contributed by atoms with Crippen molar-refractivity contribution in [3.63, 3.8) is 0 Å². The summed E-state index contributed by atoms with van der Waals surface area (Å²) < 4.78 is 0. The Bertz CT molecular complexity index is 300. The van der Waals surface area contributed by atoms with Gasteiger partial charge in [-0.15, -0.1) is 0 Å². The predicted octanol–water partition coefficient (Wildman–Crippen LogP) is 6.87. The Morgan fingerprint density at radius 2 is 1.48 bits per heavy atom. The lowest BCUT2D eigenvalue weighted by Crippen LogP contribution is -2.04. The van der Waals surface area contributed by atoms with E-state index >= 15 is 0 Å². The van der Waals surface area contributed by atoms with Crippen molar-refractivity contribution in [1.29, 1.82) is 0 Å². The first-order valence-corrected chi connectivity index (χ1v) is 8.76. The largest absolute Gasteiger partial charge is 0.265 e. The number of hydrogen-bond donors (Lipinski definition) is 0. The minimum atomic E-state index is 0.646. The summed E-state index contributed by atoms with van der Waals surface area (Å²) >= 11 is 0. The molecule has 0 bridgehead atoms. The summed E-state index contributed by atoms with van der Waals surface area (Å²) in [5.74, 6) is 0.646. The first kappa shape index (κ1) is 19.9. The Morgan fingerprint density at radius 1 is 0.905 bits per heavy atom. The van der Waals surface area contributed by atoms with Gasteiger partial charge in [0.05, 0.1) is 0 Å². The summed E-state index contributed by atoms with van der Waals surface area (Å²) in [6.45, 7) is 12.1. The van der Waals surface area contributed by atoms with Gasteiger partial charge in [-0.2, -0.15) is 0 Å². The van der Waals surface area contributed by atoms with Gasteiger partial charge in [-0.25, -0.2) is 0 Å². The molecule has 0 aliphatic heterocycles.